The van der Waals surface area contributed by atoms with E-state index >= 15 is 0 Å². The first-order valence-corrected chi connectivity index (χ1v) is 9.99. The van der Waals surface area contributed by atoms with Crippen LogP contribution in [0, 0.1) is 0 Å². The Morgan fingerprint density at radius 2 is 1.87 bits per heavy atom. The second kappa shape index (κ2) is 7.58. The fourth-order valence-electron chi connectivity index (χ4n) is 3.92. The summed E-state index contributed by atoms with van der Waals surface area (Å²) in [5.41, 5.74) is 2.14. The molecule has 31 heavy (non-hydrogen) atoms. The summed E-state index contributed by atoms with van der Waals surface area (Å²) in [5, 5.41) is 11.9. The third-order valence-corrected chi connectivity index (χ3v) is 5.45. The van der Waals surface area contributed by atoms with Gasteiger partial charge >= 0.3 is 6.18 Å². The molecule has 0 bridgehead atoms. The molecule has 0 spiro atoms. The molecule has 3 aromatic rings. The van der Waals surface area contributed by atoms with E-state index in [0.29, 0.717) is 13.1 Å². The van der Waals surface area contributed by atoms with Gasteiger partial charge in [0.05, 0.1) is 5.57 Å². The molecule has 0 saturated heterocycles. The van der Waals surface area contributed by atoms with Crippen LogP contribution in [0.15, 0.2) is 76.5 Å². The minimum atomic E-state index is -4.41. The zero-order valence-electron chi connectivity index (χ0n) is 16.5. The van der Waals surface area contributed by atoms with Crippen LogP contribution in [0.1, 0.15) is 11.3 Å². The van der Waals surface area contributed by atoms with E-state index in [1.807, 2.05) is 54.7 Å². The molecule has 0 radical (unpaired) electrons. The van der Waals surface area contributed by atoms with Gasteiger partial charge in [-0.3, -0.25) is 0 Å². The summed E-state index contributed by atoms with van der Waals surface area (Å²) in [7, 11) is 0. The predicted octanol–water partition coefficient (Wildman–Crippen LogP) is 3.00. The molecule has 2 aliphatic rings. The van der Waals surface area contributed by atoms with Crippen molar-refractivity contribution in [2.75, 3.05) is 13.1 Å². The quantitative estimate of drug-likeness (QED) is 0.604. The normalized spacial score (nSPS) is 15.9. The van der Waals surface area contributed by atoms with E-state index < -0.39 is 11.7 Å². The lowest BCUT2D eigenvalue weighted by molar-refractivity contribution is -0.0904. The first kappa shape index (κ1) is 19.4. The van der Waals surface area contributed by atoms with Crippen molar-refractivity contribution in [2.24, 2.45) is 0 Å². The molecule has 1 aromatic heterocycles. The number of allylic oxidation sites excluding steroid dienone is 1. The summed E-state index contributed by atoms with van der Waals surface area (Å²) in [6.45, 7) is 1.26. The van der Waals surface area contributed by atoms with Crippen molar-refractivity contribution in [3.05, 3.63) is 93.8 Å². The van der Waals surface area contributed by atoms with Crippen LogP contribution >= 0.6 is 0 Å². The molecule has 0 unspecified atom stereocenters. The number of fused-ring (bicyclic) bond motifs is 2. The van der Waals surface area contributed by atoms with Crippen LogP contribution in [0.5, 0.6) is 0 Å². The molecule has 3 heterocycles. The van der Waals surface area contributed by atoms with E-state index in [1.165, 1.54) is 6.08 Å². The van der Waals surface area contributed by atoms with Gasteiger partial charge in [-0.25, -0.2) is 0 Å². The van der Waals surface area contributed by atoms with Crippen LogP contribution in [0.4, 0.5) is 13.2 Å². The first-order chi connectivity index (χ1) is 15.0. The van der Waals surface area contributed by atoms with Gasteiger partial charge in [0.1, 0.15) is 11.3 Å². The van der Waals surface area contributed by atoms with Gasteiger partial charge in [-0.2, -0.15) is 13.2 Å². The van der Waals surface area contributed by atoms with Crippen molar-refractivity contribution in [1.82, 2.24) is 16.0 Å². The second-order valence-electron chi connectivity index (χ2n) is 7.51. The lowest BCUT2D eigenvalue weighted by Gasteiger charge is -2.21. The molecular weight excluding hydrogens is 403 g/mol. The molecule has 5 rings (SSSR count). The van der Waals surface area contributed by atoms with Crippen molar-refractivity contribution in [2.45, 2.75) is 12.7 Å². The highest BCUT2D eigenvalue weighted by atomic mass is 19.4. The number of rotatable bonds is 4. The topological polar surface area (TPSA) is 49.2 Å². The highest BCUT2D eigenvalue weighted by Gasteiger charge is 2.36. The molecule has 7 heteroatoms. The number of alkyl halides is 3. The summed E-state index contributed by atoms with van der Waals surface area (Å²) >= 11 is 0. The Morgan fingerprint density at radius 3 is 2.71 bits per heavy atom. The molecular formula is C24H20F3N3O. The highest BCUT2D eigenvalue weighted by molar-refractivity contribution is 5.82. The average Bonchev–Trinajstić information content (AvgIpc) is 3.21. The Labute approximate surface area is 176 Å². The van der Waals surface area contributed by atoms with Crippen molar-refractivity contribution in [1.29, 1.82) is 0 Å². The van der Waals surface area contributed by atoms with Crippen LogP contribution < -0.4 is 26.4 Å². The fraction of sp³-hybridized carbons (Fsp3) is 0.167. The SMILES string of the molecule is FC(F)(F)C1=CNCC=C1NCc1ccc2c(c1)=C(c1cc3ccccc3o1)CNC=2. The molecule has 3 N–H and O–H groups in total. The lowest BCUT2D eigenvalue weighted by Crippen LogP contribution is -2.37. The van der Waals surface area contributed by atoms with Gasteiger partial charge in [-0.05, 0) is 40.3 Å². The zero-order chi connectivity index (χ0) is 21.4. The van der Waals surface area contributed by atoms with Gasteiger partial charge in [0.2, 0.25) is 0 Å². The smallest absolute Gasteiger partial charge is 0.419 e. The third kappa shape index (κ3) is 3.79. The second-order valence-corrected chi connectivity index (χ2v) is 7.51. The summed E-state index contributed by atoms with van der Waals surface area (Å²) in [5.74, 6) is 0.788. The molecule has 158 valence electrons. The Bertz CT molecular complexity index is 1300. The Balaban J connectivity index is 1.48. The minimum Gasteiger partial charge on any atom is -0.456 e. The Kier molecular flexibility index (Phi) is 4.73. The van der Waals surface area contributed by atoms with Gasteiger partial charge in [-0.1, -0.05) is 30.3 Å². The van der Waals surface area contributed by atoms with Crippen LogP contribution in [0.2, 0.25) is 0 Å². The van der Waals surface area contributed by atoms with Crippen LogP contribution in [-0.2, 0) is 6.54 Å². The van der Waals surface area contributed by atoms with E-state index in [2.05, 4.69) is 16.0 Å². The van der Waals surface area contributed by atoms with Gasteiger partial charge < -0.3 is 20.4 Å². The largest absolute Gasteiger partial charge is 0.456 e. The van der Waals surface area contributed by atoms with Gasteiger partial charge in [0.15, 0.2) is 0 Å². The molecule has 0 fully saturated rings. The van der Waals surface area contributed by atoms with Crippen molar-refractivity contribution < 1.29 is 17.6 Å². The number of nitrogens with one attached hydrogen (secondary N) is 3. The van der Waals surface area contributed by atoms with Gasteiger partial charge in [0.25, 0.3) is 0 Å². The van der Waals surface area contributed by atoms with E-state index in [0.717, 1.165) is 44.5 Å². The van der Waals surface area contributed by atoms with Crippen molar-refractivity contribution >= 4 is 22.7 Å². The van der Waals surface area contributed by atoms with Crippen LogP contribution in [0.25, 0.3) is 22.7 Å². The van der Waals surface area contributed by atoms with Gasteiger partial charge in [0, 0.05) is 48.7 Å². The number of benzene rings is 2. The number of furan rings is 1. The minimum absolute atomic E-state index is 0.0960. The van der Waals surface area contributed by atoms with Gasteiger partial charge in [-0.15, -0.1) is 0 Å². The number of dihydropyridines is 1. The number of para-hydroxylation sites is 1. The first-order valence-electron chi connectivity index (χ1n) is 9.99. The highest BCUT2D eigenvalue weighted by Crippen LogP contribution is 2.30. The Morgan fingerprint density at radius 1 is 1.00 bits per heavy atom. The van der Waals surface area contributed by atoms with E-state index in [9.17, 15) is 13.2 Å². The summed E-state index contributed by atoms with van der Waals surface area (Å²) < 4.78 is 45.8. The average molecular weight is 423 g/mol. The number of halogens is 3. The van der Waals surface area contributed by atoms with Crippen LogP contribution in [0.3, 0.4) is 0 Å². The molecule has 2 aliphatic heterocycles. The van der Waals surface area contributed by atoms with E-state index in [1.54, 1.807) is 0 Å². The van der Waals surface area contributed by atoms with E-state index in [-0.39, 0.29) is 12.2 Å². The maximum Gasteiger partial charge on any atom is 0.419 e. The third-order valence-electron chi connectivity index (χ3n) is 5.45. The summed E-state index contributed by atoms with van der Waals surface area (Å²) in [6.07, 6.45) is 0.0671. The van der Waals surface area contributed by atoms with E-state index in [4.69, 9.17) is 4.42 Å². The standard InChI is InChI=1S/C24H20F3N3O/c25-24(26,27)20-14-28-8-7-21(20)30-11-15-5-6-17-12-29-13-19(18(17)9-15)23-10-16-3-1-2-4-22(16)31-23/h1-7,9-10,12,14,28-30H,8,11,13H2. The van der Waals surface area contributed by atoms with Crippen molar-refractivity contribution in [3.8, 4) is 0 Å². The zero-order valence-corrected chi connectivity index (χ0v) is 16.5. The number of hydrogen-bond donors (Lipinski definition) is 3. The fourth-order valence-corrected chi connectivity index (χ4v) is 3.92. The van der Waals surface area contributed by atoms with Crippen molar-refractivity contribution in [3.63, 3.8) is 0 Å². The summed E-state index contributed by atoms with van der Waals surface area (Å²) in [6, 6.07) is 15.8. The molecule has 0 atom stereocenters. The number of hydrogen-bond acceptors (Lipinski definition) is 4. The maximum atomic E-state index is 13.3. The summed E-state index contributed by atoms with van der Waals surface area (Å²) in [4.78, 5) is 0. The molecule has 0 aliphatic carbocycles. The maximum absolute atomic E-state index is 13.3. The molecule has 0 amide bonds. The molecule has 0 saturated carbocycles. The molecule has 2 aromatic carbocycles. The molecule has 4 nitrogen and oxygen atoms in total. The monoisotopic (exact) mass is 423 g/mol. The predicted molar refractivity (Wildman–Crippen MR) is 114 cm³/mol. The lowest BCUT2D eigenvalue weighted by atomic mass is 10.0. The van der Waals surface area contributed by atoms with Crippen LogP contribution in [-0.4, -0.2) is 19.3 Å². The Hall–Kier alpha value is -3.61.